The van der Waals surface area contributed by atoms with E-state index in [0.29, 0.717) is 12.4 Å². The minimum absolute atomic E-state index is 0.454. The molecule has 5 heteroatoms. The monoisotopic (exact) mass is 293 g/mol. The number of halogens is 1. The van der Waals surface area contributed by atoms with Crippen LogP contribution in [0.5, 0.6) is 0 Å². The van der Waals surface area contributed by atoms with Gasteiger partial charge in [-0.25, -0.2) is 9.97 Å². The number of methoxy groups -OCH3 is 1. The molecule has 1 heterocycles. The van der Waals surface area contributed by atoms with Crippen LogP contribution in [-0.4, -0.2) is 23.6 Å². The molecule has 1 aromatic heterocycles. The van der Waals surface area contributed by atoms with Gasteiger partial charge in [0.15, 0.2) is 5.82 Å². The van der Waals surface area contributed by atoms with Crippen LogP contribution in [0.1, 0.15) is 12.7 Å². The van der Waals surface area contributed by atoms with Gasteiger partial charge in [0.1, 0.15) is 12.4 Å². The molecule has 0 aromatic carbocycles. The molecule has 0 radical (unpaired) electrons. The zero-order valence-electron chi connectivity index (χ0n) is 7.67. The van der Waals surface area contributed by atoms with Gasteiger partial charge in [-0.3, -0.25) is 0 Å². The highest BCUT2D eigenvalue weighted by Gasteiger charge is 2.02. The van der Waals surface area contributed by atoms with E-state index in [1.165, 1.54) is 0 Å². The summed E-state index contributed by atoms with van der Waals surface area (Å²) in [6, 6.07) is 0. The molecule has 0 fully saturated rings. The first-order valence-corrected chi connectivity index (χ1v) is 5.10. The van der Waals surface area contributed by atoms with Crippen LogP contribution in [0.15, 0.2) is 6.20 Å². The summed E-state index contributed by atoms with van der Waals surface area (Å²) in [4.78, 5) is 8.42. The first kappa shape index (κ1) is 10.6. The van der Waals surface area contributed by atoms with E-state index in [0.717, 1.165) is 15.9 Å². The van der Waals surface area contributed by atoms with Crippen molar-refractivity contribution in [1.29, 1.82) is 0 Å². The van der Waals surface area contributed by atoms with Gasteiger partial charge in [-0.2, -0.15) is 0 Å². The van der Waals surface area contributed by atoms with Crippen LogP contribution in [0, 0.1) is 3.57 Å². The summed E-state index contributed by atoms with van der Waals surface area (Å²) in [7, 11) is 1.63. The number of hydrogen-bond acceptors (Lipinski definition) is 4. The van der Waals surface area contributed by atoms with E-state index in [2.05, 4.69) is 37.9 Å². The largest absolute Gasteiger partial charge is 0.377 e. The lowest BCUT2D eigenvalue weighted by molar-refractivity contribution is 0.178. The number of aromatic nitrogens is 2. The average Bonchev–Trinajstić information content (AvgIpc) is 2.12. The number of rotatable bonds is 4. The summed E-state index contributed by atoms with van der Waals surface area (Å²) in [5.41, 5.74) is 0. The molecule has 0 aliphatic heterocycles. The zero-order valence-corrected chi connectivity index (χ0v) is 9.83. The second kappa shape index (κ2) is 5.33. The SMILES string of the molecule is CCNc1nc(COC)ncc1I. The number of ether oxygens (including phenoxy) is 1. The number of anilines is 1. The summed E-state index contributed by atoms with van der Waals surface area (Å²) < 4.78 is 5.97. The summed E-state index contributed by atoms with van der Waals surface area (Å²) in [5.74, 6) is 1.59. The zero-order chi connectivity index (χ0) is 9.68. The maximum Gasteiger partial charge on any atom is 0.156 e. The molecule has 1 N–H and O–H groups in total. The van der Waals surface area contributed by atoms with Crippen molar-refractivity contribution in [2.75, 3.05) is 19.0 Å². The molecule has 1 aromatic rings. The van der Waals surface area contributed by atoms with Crippen LogP contribution in [-0.2, 0) is 11.3 Å². The molecular weight excluding hydrogens is 281 g/mol. The lowest BCUT2D eigenvalue weighted by Gasteiger charge is -2.06. The molecule has 0 bridgehead atoms. The van der Waals surface area contributed by atoms with Crippen LogP contribution in [0.3, 0.4) is 0 Å². The van der Waals surface area contributed by atoms with Gasteiger partial charge >= 0.3 is 0 Å². The van der Waals surface area contributed by atoms with Crippen molar-refractivity contribution in [3.63, 3.8) is 0 Å². The number of nitrogens with one attached hydrogen (secondary N) is 1. The second-order valence-electron chi connectivity index (χ2n) is 2.45. The standard InChI is InChI=1S/C8H12IN3O/c1-3-10-8-6(9)4-11-7(12-8)5-13-2/h4H,3,5H2,1-2H3,(H,10,11,12). The molecule has 0 aliphatic rings. The lowest BCUT2D eigenvalue weighted by atomic mass is 10.5. The lowest BCUT2D eigenvalue weighted by Crippen LogP contribution is -2.06. The summed E-state index contributed by atoms with van der Waals surface area (Å²) in [6.07, 6.45) is 1.79. The molecule has 4 nitrogen and oxygen atoms in total. The van der Waals surface area contributed by atoms with Crippen LogP contribution in [0.4, 0.5) is 5.82 Å². The Balaban J connectivity index is 2.83. The van der Waals surface area contributed by atoms with Crippen LogP contribution >= 0.6 is 22.6 Å². The van der Waals surface area contributed by atoms with E-state index < -0.39 is 0 Å². The maximum absolute atomic E-state index is 4.95. The maximum atomic E-state index is 4.95. The number of hydrogen-bond donors (Lipinski definition) is 1. The van der Waals surface area contributed by atoms with Gasteiger partial charge in [0.05, 0.1) is 3.57 Å². The topological polar surface area (TPSA) is 47.0 Å². The summed E-state index contributed by atoms with van der Waals surface area (Å²) in [6.45, 7) is 3.35. The molecule has 0 unspecified atom stereocenters. The average molecular weight is 293 g/mol. The van der Waals surface area contributed by atoms with Gasteiger partial charge in [-0.05, 0) is 29.5 Å². The smallest absolute Gasteiger partial charge is 0.156 e. The Bertz CT molecular complexity index is 280. The predicted octanol–water partition coefficient (Wildman–Crippen LogP) is 1.66. The third-order valence-electron chi connectivity index (χ3n) is 1.41. The minimum Gasteiger partial charge on any atom is -0.377 e. The Morgan fingerprint density at radius 1 is 1.62 bits per heavy atom. The predicted molar refractivity (Wildman–Crippen MR) is 59.6 cm³/mol. The molecule has 0 saturated heterocycles. The van der Waals surface area contributed by atoms with Gasteiger partial charge in [-0.1, -0.05) is 0 Å². The Kier molecular flexibility index (Phi) is 4.37. The summed E-state index contributed by atoms with van der Waals surface area (Å²) in [5, 5.41) is 3.16. The van der Waals surface area contributed by atoms with Crippen molar-refractivity contribution in [1.82, 2.24) is 9.97 Å². The minimum atomic E-state index is 0.454. The van der Waals surface area contributed by atoms with Crippen molar-refractivity contribution in [2.24, 2.45) is 0 Å². The van der Waals surface area contributed by atoms with Gasteiger partial charge in [-0.15, -0.1) is 0 Å². The van der Waals surface area contributed by atoms with E-state index >= 15 is 0 Å². The van der Waals surface area contributed by atoms with Crippen molar-refractivity contribution in [3.8, 4) is 0 Å². The van der Waals surface area contributed by atoms with Gasteiger partial charge in [0.25, 0.3) is 0 Å². The second-order valence-corrected chi connectivity index (χ2v) is 3.61. The van der Waals surface area contributed by atoms with Gasteiger partial charge in [0, 0.05) is 19.9 Å². The van der Waals surface area contributed by atoms with Gasteiger partial charge in [0.2, 0.25) is 0 Å². The van der Waals surface area contributed by atoms with E-state index in [9.17, 15) is 0 Å². The molecule has 0 atom stereocenters. The van der Waals surface area contributed by atoms with Crippen molar-refractivity contribution in [2.45, 2.75) is 13.5 Å². The normalized spacial score (nSPS) is 10.1. The van der Waals surface area contributed by atoms with E-state index in [1.54, 1.807) is 13.3 Å². The molecule has 0 aliphatic carbocycles. The third kappa shape index (κ3) is 3.07. The van der Waals surface area contributed by atoms with Crippen LogP contribution in [0.2, 0.25) is 0 Å². The van der Waals surface area contributed by atoms with E-state index in [-0.39, 0.29) is 0 Å². The Morgan fingerprint density at radius 3 is 3.00 bits per heavy atom. The Labute approximate surface area is 91.3 Å². The van der Waals surface area contributed by atoms with E-state index in [1.807, 2.05) is 6.92 Å². The quantitative estimate of drug-likeness (QED) is 0.858. The fourth-order valence-corrected chi connectivity index (χ4v) is 1.34. The Morgan fingerprint density at radius 2 is 2.38 bits per heavy atom. The molecule has 13 heavy (non-hydrogen) atoms. The molecule has 72 valence electrons. The van der Waals surface area contributed by atoms with Crippen molar-refractivity contribution >= 4 is 28.4 Å². The molecule has 1 rings (SSSR count). The third-order valence-corrected chi connectivity index (χ3v) is 2.20. The van der Waals surface area contributed by atoms with Crippen molar-refractivity contribution in [3.05, 3.63) is 15.6 Å². The highest BCUT2D eigenvalue weighted by molar-refractivity contribution is 14.1. The van der Waals surface area contributed by atoms with Crippen LogP contribution < -0.4 is 5.32 Å². The highest BCUT2D eigenvalue weighted by Crippen LogP contribution is 2.13. The highest BCUT2D eigenvalue weighted by atomic mass is 127. The molecule has 0 amide bonds. The Hall–Kier alpha value is -0.430. The van der Waals surface area contributed by atoms with Crippen LogP contribution in [0.25, 0.3) is 0 Å². The van der Waals surface area contributed by atoms with Gasteiger partial charge < -0.3 is 10.1 Å². The fourth-order valence-electron chi connectivity index (χ4n) is 0.894. The first-order chi connectivity index (χ1) is 6.27. The van der Waals surface area contributed by atoms with Crippen molar-refractivity contribution < 1.29 is 4.74 Å². The van der Waals surface area contributed by atoms with E-state index in [4.69, 9.17) is 4.74 Å². The number of nitrogens with zero attached hydrogens (tertiary/aromatic N) is 2. The first-order valence-electron chi connectivity index (χ1n) is 4.02. The molecular formula is C8H12IN3O. The summed E-state index contributed by atoms with van der Waals surface area (Å²) >= 11 is 2.20. The molecule has 0 saturated carbocycles. The fraction of sp³-hybridized carbons (Fsp3) is 0.500. The molecule has 0 spiro atoms.